The maximum atomic E-state index is 13.8. The minimum absolute atomic E-state index is 0.305. The van der Waals surface area contributed by atoms with Gasteiger partial charge in [-0.05, 0) is 42.2 Å². The van der Waals surface area contributed by atoms with Crippen molar-refractivity contribution in [3.8, 4) is 5.75 Å². The standard InChI is InChI=1S/C27H24N2O3/c1-2-32-23-15-9-8-14-22(23)29-26(30)24(20-11-4-3-5-12-20)25(27(29)31)28-17-16-19-10-6-7-13-21(19)18-28/h3-15H,2,16-18H2,1H3. The van der Waals surface area contributed by atoms with Crippen molar-refractivity contribution in [3.63, 3.8) is 0 Å². The Labute approximate surface area is 187 Å². The van der Waals surface area contributed by atoms with Crippen molar-refractivity contribution >= 4 is 23.1 Å². The highest BCUT2D eigenvalue weighted by Gasteiger charge is 2.43. The summed E-state index contributed by atoms with van der Waals surface area (Å²) in [4.78, 5) is 30.9. The largest absolute Gasteiger partial charge is 0.492 e. The maximum Gasteiger partial charge on any atom is 0.282 e. The lowest BCUT2D eigenvalue weighted by Gasteiger charge is -2.31. The van der Waals surface area contributed by atoms with Crippen LogP contribution in [0.4, 0.5) is 5.69 Å². The Hall–Kier alpha value is -3.86. The number of carbonyl (C=O) groups excluding carboxylic acids is 2. The molecule has 32 heavy (non-hydrogen) atoms. The molecule has 2 aliphatic rings. The molecule has 2 aliphatic heterocycles. The zero-order valence-electron chi connectivity index (χ0n) is 18.0. The second kappa shape index (κ2) is 8.35. The summed E-state index contributed by atoms with van der Waals surface area (Å²) in [6, 6.07) is 24.9. The third-order valence-corrected chi connectivity index (χ3v) is 5.97. The first-order valence-corrected chi connectivity index (χ1v) is 10.9. The average molecular weight is 425 g/mol. The summed E-state index contributed by atoms with van der Waals surface area (Å²) in [5, 5.41) is 0. The Kier molecular flexibility index (Phi) is 5.23. The van der Waals surface area contributed by atoms with Gasteiger partial charge in [0.1, 0.15) is 11.4 Å². The highest BCUT2D eigenvalue weighted by atomic mass is 16.5. The van der Waals surface area contributed by atoms with E-state index in [0.717, 1.165) is 12.0 Å². The highest BCUT2D eigenvalue weighted by molar-refractivity contribution is 6.45. The topological polar surface area (TPSA) is 49.9 Å². The van der Waals surface area contributed by atoms with Crippen LogP contribution in [-0.4, -0.2) is 29.9 Å². The number of amides is 2. The van der Waals surface area contributed by atoms with Crippen LogP contribution in [0.3, 0.4) is 0 Å². The van der Waals surface area contributed by atoms with Gasteiger partial charge in [0.15, 0.2) is 0 Å². The summed E-state index contributed by atoms with van der Waals surface area (Å²) in [6.45, 7) is 3.61. The van der Waals surface area contributed by atoms with E-state index in [9.17, 15) is 9.59 Å². The Bertz CT molecular complexity index is 1220. The number of anilines is 1. The van der Waals surface area contributed by atoms with Crippen LogP contribution in [-0.2, 0) is 22.6 Å². The number of rotatable bonds is 5. The maximum absolute atomic E-state index is 13.8. The first-order valence-electron chi connectivity index (χ1n) is 10.9. The smallest absolute Gasteiger partial charge is 0.282 e. The number of carbonyl (C=O) groups is 2. The number of benzene rings is 3. The van der Waals surface area contributed by atoms with Crippen molar-refractivity contribution < 1.29 is 14.3 Å². The molecule has 2 heterocycles. The SMILES string of the molecule is CCOc1ccccc1N1C(=O)C(c2ccccc2)=C(N2CCc3ccccc3C2)C1=O. The Morgan fingerprint density at radius 2 is 1.50 bits per heavy atom. The van der Waals surface area contributed by atoms with E-state index in [2.05, 4.69) is 12.1 Å². The molecule has 0 N–H and O–H groups in total. The van der Waals surface area contributed by atoms with Crippen molar-refractivity contribution in [2.75, 3.05) is 18.1 Å². The fraction of sp³-hybridized carbons (Fsp3) is 0.185. The van der Waals surface area contributed by atoms with Gasteiger partial charge in [0.25, 0.3) is 11.8 Å². The predicted octanol–water partition coefficient (Wildman–Crippen LogP) is 4.43. The lowest BCUT2D eigenvalue weighted by atomic mass is 9.98. The van der Waals surface area contributed by atoms with E-state index in [1.807, 2.05) is 66.4 Å². The van der Waals surface area contributed by atoms with Crippen molar-refractivity contribution in [1.82, 2.24) is 4.90 Å². The van der Waals surface area contributed by atoms with E-state index in [1.54, 1.807) is 12.1 Å². The molecule has 0 unspecified atom stereocenters. The van der Waals surface area contributed by atoms with Crippen LogP contribution < -0.4 is 9.64 Å². The fourth-order valence-electron chi connectivity index (χ4n) is 4.50. The predicted molar refractivity (Wildman–Crippen MR) is 124 cm³/mol. The number of hydrogen-bond acceptors (Lipinski definition) is 4. The van der Waals surface area contributed by atoms with Crippen LogP contribution in [0, 0.1) is 0 Å². The van der Waals surface area contributed by atoms with Gasteiger partial charge in [0.05, 0.1) is 17.9 Å². The van der Waals surface area contributed by atoms with Crippen LogP contribution in [0.5, 0.6) is 5.75 Å². The van der Waals surface area contributed by atoms with Crippen LogP contribution in [0.1, 0.15) is 23.6 Å². The average Bonchev–Trinajstić information content (AvgIpc) is 3.10. The first kappa shape index (κ1) is 20.1. The third kappa shape index (κ3) is 3.36. The van der Waals surface area contributed by atoms with Crippen LogP contribution in [0.25, 0.3) is 5.57 Å². The van der Waals surface area contributed by atoms with Crippen LogP contribution in [0.15, 0.2) is 84.6 Å². The Balaban J connectivity index is 1.62. The molecule has 0 atom stereocenters. The van der Waals surface area contributed by atoms with Gasteiger partial charge < -0.3 is 9.64 Å². The first-order chi connectivity index (χ1) is 15.7. The highest BCUT2D eigenvalue weighted by Crippen LogP contribution is 2.39. The number of nitrogens with zero attached hydrogens (tertiary/aromatic N) is 2. The molecule has 0 saturated heterocycles. The molecule has 0 fully saturated rings. The fourth-order valence-corrected chi connectivity index (χ4v) is 4.50. The molecule has 0 bridgehead atoms. The van der Waals surface area contributed by atoms with E-state index in [-0.39, 0.29) is 11.8 Å². The van der Waals surface area contributed by atoms with Gasteiger partial charge in [-0.1, -0.05) is 66.7 Å². The molecule has 0 saturated carbocycles. The molecule has 0 radical (unpaired) electrons. The van der Waals surface area contributed by atoms with Crippen molar-refractivity contribution in [3.05, 3.63) is 101 Å². The van der Waals surface area contributed by atoms with E-state index >= 15 is 0 Å². The molecule has 0 aliphatic carbocycles. The number of hydrogen-bond donors (Lipinski definition) is 0. The van der Waals surface area contributed by atoms with Crippen molar-refractivity contribution in [2.45, 2.75) is 19.9 Å². The van der Waals surface area contributed by atoms with Gasteiger partial charge in [0.2, 0.25) is 0 Å². The van der Waals surface area contributed by atoms with Gasteiger partial charge in [-0.2, -0.15) is 0 Å². The van der Waals surface area contributed by atoms with E-state index in [4.69, 9.17) is 4.74 Å². The second-order valence-electron chi connectivity index (χ2n) is 7.88. The van der Waals surface area contributed by atoms with Gasteiger partial charge in [-0.3, -0.25) is 9.59 Å². The zero-order valence-corrected chi connectivity index (χ0v) is 18.0. The zero-order chi connectivity index (χ0) is 22.1. The van der Waals surface area contributed by atoms with Crippen molar-refractivity contribution in [1.29, 1.82) is 0 Å². The number of para-hydroxylation sites is 2. The van der Waals surface area contributed by atoms with E-state index < -0.39 is 0 Å². The van der Waals surface area contributed by atoms with Crippen molar-refractivity contribution in [2.24, 2.45) is 0 Å². The normalized spacial score (nSPS) is 15.9. The quantitative estimate of drug-likeness (QED) is 0.569. The third-order valence-electron chi connectivity index (χ3n) is 5.97. The summed E-state index contributed by atoms with van der Waals surface area (Å²) in [7, 11) is 0. The Morgan fingerprint density at radius 1 is 0.812 bits per heavy atom. The van der Waals surface area contributed by atoms with E-state index in [0.29, 0.717) is 42.4 Å². The van der Waals surface area contributed by atoms with Crippen LogP contribution >= 0.6 is 0 Å². The number of fused-ring (bicyclic) bond motifs is 1. The molecular formula is C27H24N2O3. The van der Waals surface area contributed by atoms with Gasteiger partial charge in [-0.15, -0.1) is 0 Å². The molecule has 3 aromatic carbocycles. The van der Waals surface area contributed by atoms with Crippen LogP contribution in [0.2, 0.25) is 0 Å². The van der Waals surface area contributed by atoms with Gasteiger partial charge in [0, 0.05) is 13.1 Å². The summed E-state index contributed by atoms with van der Waals surface area (Å²) < 4.78 is 5.74. The lowest BCUT2D eigenvalue weighted by Crippen LogP contribution is -2.37. The molecule has 5 rings (SSSR count). The summed E-state index contributed by atoms with van der Waals surface area (Å²) in [5.74, 6) is -0.100. The Morgan fingerprint density at radius 3 is 2.28 bits per heavy atom. The lowest BCUT2D eigenvalue weighted by molar-refractivity contribution is -0.120. The number of imide groups is 1. The second-order valence-corrected chi connectivity index (χ2v) is 7.88. The minimum Gasteiger partial charge on any atom is -0.492 e. The van der Waals surface area contributed by atoms with Gasteiger partial charge >= 0.3 is 0 Å². The minimum atomic E-state index is -0.317. The summed E-state index contributed by atoms with van der Waals surface area (Å²) in [6.07, 6.45) is 0.832. The van der Waals surface area contributed by atoms with Gasteiger partial charge in [-0.25, -0.2) is 4.90 Å². The molecule has 0 spiro atoms. The van der Waals surface area contributed by atoms with E-state index in [1.165, 1.54) is 16.0 Å². The molecule has 5 nitrogen and oxygen atoms in total. The number of ether oxygens (including phenoxy) is 1. The molecule has 5 heteroatoms. The molecule has 3 aromatic rings. The monoisotopic (exact) mass is 424 g/mol. The summed E-state index contributed by atoms with van der Waals surface area (Å²) in [5.41, 5.74) is 4.61. The molecular weight excluding hydrogens is 400 g/mol. The summed E-state index contributed by atoms with van der Waals surface area (Å²) >= 11 is 0. The molecule has 2 amide bonds. The molecule has 0 aromatic heterocycles. The molecule has 160 valence electrons.